The van der Waals surface area contributed by atoms with Gasteiger partial charge in [-0.1, -0.05) is 18.2 Å². The van der Waals surface area contributed by atoms with E-state index in [2.05, 4.69) is 0 Å². The second kappa shape index (κ2) is 6.41. The van der Waals surface area contributed by atoms with E-state index in [1.165, 1.54) is 13.8 Å². The van der Waals surface area contributed by atoms with Crippen LogP contribution in [0.25, 0.3) is 0 Å². The van der Waals surface area contributed by atoms with Gasteiger partial charge in [-0.05, 0) is 25.0 Å². The summed E-state index contributed by atoms with van der Waals surface area (Å²) in [6.45, 7) is 3.49. The number of nitrogens with zero attached hydrogens (tertiary/aromatic N) is 1. The zero-order chi connectivity index (χ0) is 14.5. The molecule has 1 aromatic rings. The van der Waals surface area contributed by atoms with Gasteiger partial charge < -0.3 is 14.4 Å². The van der Waals surface area contributed by atoms with Gasteiger partial charge in [0.15, 0.2) is 6.10 Å². The molecule has 1 saturated heterocycles. The maximum atomic E-state index is 11.3. The van der Waals surface area contributed by atoms with Gasteiger partial charge in [-0.2, -0.15) is 0 Å². The average Bonchev–Trinajstić information content (AvgIpc) is 2.40. The Labute approximate surface area is 118 Å². The van der Waals surface area contributed by atoms with Crippen molar-refractivity contribution in [1.29, 1.82) is 0 Å². The minimum atomic E-state index is -0.562. The largest absolute Gasteiger partial charge is 0.456 e. The monoisotopic (exact) mass is 277 g/mol. The second-order valence-electron chi connectivity index (χ2n) is 4.82. The molecular formula is C15H19NO4. The van der Waals surface area contributed by atoms with E-state index in [0.717, 1.165) is 18.7 Å². The van der Waals surface area contributed by atoms with Crippen molar-refractivity contribution >= 4 is 17.6 Å². The first-order valence-corrected chi connectivity index (χ1v) is 6.74. The second-order valence-corrected chi connectivity index (χ2v) is 4.82. The Morgan fingerprint density at radius 3 is 2.35 bits per heavy atom. The summed E-state index contributed by atoms with van der Waals surface area (Å²) in [5.41, 5.74) is 0.954. The number of ether oxygens (including phenoxy) is 2. The summed E-state index contributed by atoms with van der Waals surface area (Å²) in [5.74, 6) is -0.739. The first-order valence-electron chi connectivity index (χ1n) is 6.74. The molecule has 5 nitrogen and oxygen atoms in total. The Morgan fingerprint density at radius 1 is 1.10 bits per heavy atom. The Kier molecular flexibility index (Phi) is 4.61. The van der Waals surface area contributed by atoms with Gasteiger partial charge in [0.25, 0.3) is 0 Å². The molecule has 0 aromatic heterocycles. The van der Waals surface area contributed by atoms with Crippen LogP contribution >= 0.6 is 0 Å². The quantitative estimate of drug-likeness (QED) is 0.792. The SMILES string of the molecule is CC(=O)O[C@H]1CCCN(c2ccccc2)[C@H]1OC(C)=O. The van der Waals surface area contributed by atoms with E-state index < -0.39 is 12.3 Å². The van der Waals surface area contributed by atoms with E-state index in [0.29, 0.717) is 6.42 Å². The Bertz CT molecular complexity index is 474. The molecular weight excluding hydrogens is 258 g/mol. The molecule has 1 aliphatic heterocycles. The molecule has 20 heavy (non-hydrogen) atoms. The maximum absolute atomic E-state index is 11.3. The molecule has 1 fully saturated rings. The molecule has 0 bridgehead atoms. The van der Waals surface area contributed by atoms with E-state index in [1.54, 1.807) is 0 Å². The van der Waals surface area contributed by atoms with Crippen LogP contribution in [0.3, 0.4) is 0 Å². The number of anilines is 1. The van der Waals surface area contributed by atoms with E-state index >= 15 is 0 Å². The summed E-state index contributed by atoms with van der Waals surface area (Å²) < 4.78 is 10.7. The molecule has 2 atom stereocenters. The van der Waals surface area contributed by atoms with Gasteiger partial charge in [0.2, 0.25) is 6.23 Å². The molecule has 0 amide bonds. The lowest BCUT2D eigenvalue weighted by molar-refractivity contribution is -0.167. The average molecular weight is 277 g/mol. The predicted octanol–water partition coefficient (Wildman–Crippen LogP) is 2.11. The predicted molar refractivity (Wildman–Crippen MR) is 74.1 cm³/mol. The first-order chi connectivity index (χ1) is 9.58. The summed E-state index contributed by atoms with van der Waals surface area (Å²) in [6.07, 6.45) is 0.587. The fourth-order valence-electron chi connectivity index (χ4n) is 2.47. The summed E-state index contributed by atoms with van der Waals surface area (Å²) in [5, 5.41) is 0. The highest BCUT2D eigenvalue weighted by molar-refractivity contribution is 5.68. The van der Waals surface area contributed by atoms with Gasteiger partial charge in [-0.25, -0.2) is 0 Å². The first kappa shape index (κ1) is 14.4. The summed E-state index contributed by atoms with van der Waals surface area (Å²) >= 11 is 0. The third kappa shape index (κ3) is 3.50. The fraction of sp³-hybridized carbons (Fsp3) is 0.467. The summed E-state index contributed by atoms with van der Waals surface area (Å²) in [4.78, 5) is 24.5. The molecule has 0 radical (unpaired) electrons. The standard InChI is InChI=1S/C15H19NO4/c1-11(17)19-14-9-6-10-16(15(14)20-12(2)18)13-7-4-3-5-8-13/h3-5,7-8,14-15H,6,9-10H2,1-2H3/t14-,15-/m0/s1. The van der Waals surface area contributed by atoms with Crippen LogP contribution in [0.5, 0.6) is 0 Å². The van der Waals surface area contributed by atoms with Crippen molar-refractivity contribution in [3.05, 3.63) is 30.3 Å². The topological polar surface area (TPSA) is 55.8 Å². The highest BCUT2D eigenvalue weighted by Crippen LogP contribution is 2.27. The number of hydrogen-bond acceptors (Lipinski definition) is 5. The third-order valence-electron chi connectivity index (χ3n) is 3.20. The van der Waals surface area contributed by atoms with E-state index in [-0.39, 0.29) is 11.9 Å². The summed E-state index contributed by atoms with van der Waals surface area (Å²) in [6, 6.07) is 9.68. The van der Waals surface area contributed by atoms with Crippen molar-refractivity contribution in [3.8, 4) is 0 Å². The Hall–Kier alpha value is -2.04. The van der Waals surface area contributed by atoms with Crippen LogP contribution in [0.4, 0.5) is 5.69 Å². The molecule has 0 unspecified atom stereocenters. The van der Waals surface area contributed by atoms with Gasteiger partial charge in [-0.3, -0.25) is 9.59 Å². The van der Waals surface area contributed by atoms with Crippen molar-refractivity contribution in [2.24, 2.45) is 0 Å². The maximum Gasteiger partial charge on any atom is 0.304 e. The summed E-state index contributed by atoms with van der Waals surface area (Å²) in [7, 11) is 0. The highest BCUT2D eigenvalue weighted by atomic mass is 16.6. The normalized spacial score (nSPS) is 22.2. The van der Waals surface area contributed by atoms with E-state index in [9.17, 15) is 9.59 Å². The van der Waals surface area contributed by atoms with Crippen LogP contribution in [-0.2, 0) is 19.1 Å². The fourth-order valence-corrected chi connectivity index (χ4v) is 2.47. The van der Waals surface area contributed by atoms with Gasteiger partial charge >= 0.3 is 11.9 Å². The van der Waals surface area contributed by atoms with Crippen molar-refractivity contribution < 1.29 is 19.1 Å². The minimum absolute atomic E-state index is 0.359. The van der Waals surface area contributed by atoms with Crippen LogP contribution in [0, 0.1) is 0 Å². The number of piperidine rings is 1. The molecule has 1 heterocycles. The molecule has 0 aliphatic carbocycles. The van der Waals surface area contributed by atoms with Crippen LogP contribution in [0.15, 0.2) is 30.3 Å². The lowest BCUT2D eigenvalue weighted by Crippen LogP contribution is -2.52. The number of esters is 2. The number of carbonyl (C=O) groups is 2. The molecule has 0 spiro atoms. The minimum Gasteiger partial charge on any atom is -0.456 e. The van der Waals surface area contributed by atoms with Crippen LogP contribution in [0.1, 0.15) is 26.7 Å². The zero-order valence-corrected chi connectivity index (χ0v) is 11.7. The van der Waals surface area contributed by atoms with Crippen molar-refractivity contribution in [2.75, 3.05) is 11.4 Å². The number of rotatable bonds is 3. The van der Waals surface area contributed by atoms with Gasteiger partial charge in [-0.15, -0.1) is 0 Å². The van der Waals surface area contributed by atoms with Crippen molar-refractivity contribution in [1.82, 2.24) is 0 Å². The van der Waals surface area contributed by atoms with E-state index in [1.807, 2.05) is 35.2 Å². The van der Waals surface area contributed by atoms with E-state index in [4.69, 9.17) is 9.47 Å². The van der Waals surface area contributed by atoms with Crippen molar-refractivity contribution in [3.63, 3.8) is 0 Å². The number of benzene rings is 1. The molecule has 5 heteroatoms. The van der Waals surface area contributed by atoms with Gasteiger partial charge in [0.05, 0.1) is 0 Å². The zero-order valence-electron chi connectivity index (χ0n) is 11.7. The number of para-hydroxylation sites is 1. The Morgan fingerprint density at radius 2 is 1.75 bits per heavy atom. The van der Waals surface area contributed by atoms with Gasteiger partial charge in [0.1, 0.15) is 0 Å². The third-order valence-corrected chi connectivity index (χ3v) is 3.20. The van der Waals surface area contributed by atoms with Crippen LogP contribution in [-0.4, -0.2) is 30.8 Å². The van der Waals surface area contributed by atoms with Crippen LogP contribution < -0.4 is 4.90 Å². The Balaban J connectivity index is 2.23. The number of carbonyl (C=O) groups excluding carboxylic acids is 2. The van der Waals surface area contributed by atoms with Crippen LogP contribution in [0.2, 0.25) is 0 Å². The molecule has 0 N–H and O–H groups in total. The molecule has 108 valence electrons. The molecule has 2 rings (SSSR count). The lowest BCUT2D eigenvalue weighted by atomic mass is 10.0. The molecule has 0 saturated carbocycles. The lowest BCUT2D eigenvalue weighted by Gasteiger charge is -2.40. The van der Waals surface area contributed by atoms with Gasteiger partial charge in [0, 0.05) is 26.1 Å². The highest BCUT2D eigenvalue weighted by Gasteiger charge is 2.36. The smallest absolute Gasteiger partial charge is 0.304 e. The number of hydrogen-bond donors (Lipinski definition) is 0. The molecule has 1 aromatic carbocycles. The van der Waals surface area contributed by atoms with Crippen molar-refractivity contribution in [2.45, 2.75) is 39.0 Å². The molecule has 1 aliphatic rings.